The van der Waals surface area contributed by atoms with Gasteiger partial charge < -0.3 is 24.8 Å². The number of benzene rings is 1. The lowest BCUT2D eigenvalue weighted by atomic mass is 9.94. The molecule has 1 aromatic rings. The van der Waals surface area contributed by atoms with Crippen LogP contribution in [0.15, 0.2) is 29.5 Å². The summed E-state index contributed by atoms with van der Waals surface area (Å²) in [7, 11) is 1.58. The number of carbonyl (C=O) groups excluding carboxylic acids is 1. The third kappa shape index (κ3) is 4.22. The molecule has 0 aliphatic carbocycles. The van der Waals surface area contributed by atoms with Gasteiger partial charge in [0.25, 0.3) is 0 Å². The van der Waals surface area contributed by atoms with Crippen molar-refractivity contribution in [2.45, 2.75) is 39.8 Å². The van der Waals surface area contributed by atoms with Gasteiger partial charge in [0.1, 0.15) is 0 Å². The van der Waals surface area contributed by atoms with Crippen LogP contribution in [0, 0.1) is 0 Å². The molecule has 0 aromatic heterocycles. The highest BCUT2D eigenvalue weighted by Crippen LogP contribution is 2.39. The van der Waals surface area contributed by atoms with Crippen molar-refractivity contribution in [2.24, 2.45) is 0 Å². The van der Waals surface area contributed by atoms with Crippen LogP contribution in [0.2, 0.25) is 0 Å². The number of esters is 1. The number of rotatable bonds is 6. The molecule has 25 heavy (non-hydrogen) atoms. The lowest BCUT2D eigenvalue weighted by Crippen LogP contribution is -2.45. The molecule has 0 amide bonds. The quantitative estimate of drug-likeness (QED) is 0.594. The van der Waals surface area contributed by atoms with Gasteiger partial charge in [0.15, 0.2) is 16.6 Å². The van der Waals surface area contributed by atoms with E-state index in [9.17, 15) is 4.79 Å². The van der Waals surface area contributed by atoms with Gasteiger partial charge in [0.2, 0.25) is 0 Å². The molecule has 0 radical (unpaired) electrons. The third-order valence-electron chi connectivity index (χ3n) is 3.66. The second-order valence-electron chi connectivity index (χ2n) is 5.84. The maximum atomic E-state index is 12.5. The Morgan fingerprint density at radius 2 is 2.08 bits per heavy atom. The zero-order chi connectivity index (χ0) is 18.6. The van der Waals surface area contributed by atoms with Crippen molar-refractivity contribution in [1.82, 2.24) is 10.6 Å². The highest BCUT2D eigenvalue weighted by molar-refractivity contribution is 7.80. The summed E-state index contributed by atoms with van der Waals surface area (Å²) < 4.78 is 16.6. The Kier molecular flexibility index (Phi) is 6.25. The van der Waals surface area contributed by atoms with Gasteiger partial charge >= 0.3 is 5.97 Å². The number of ether oxygens (including phenoxy) is 3. The van der Waals surface area contributed by atoms with E-state index in [2.05, 4.69) is 10.6 Å². The zero-order valence-corrected chi connectivity index (χ0v) is 16.0. The van der Waals surface area contributed by atoms with Gasteiger partial charge in [0, 0.05) is 11.3 Å². The van der Waals surface area contributed by atoms with Crippen LogP contribution in [0.3, 0.4) is 0 Å². The molecule has 1 unspecified atom stereocenters. The van der Waals surface area contributed by atoms with E-state index in [0.717, 1.165) is 5.56 Å². The minimum Gasteiger partial charge on any atom is -0.493 e. The van der Waals surface area contributed by atoms with E-state index in [1.807, 2.05) is 32.0 Å². The van der Waals surface area contributed by atoms with Gasteiger partial charge in [-0.2, -0.15) is 0 Å². The maximum Gasteiger partial charge on any atom is 0.338 e. The molecule has 6 nitrogen and oxygen atoms in total. The van der Waals surface area contributed by atoms with Crippen LogP contribution in [-0.4, -0.2) is 30.9 Å². The molecule has 7 heteroatoms. The number of allylic oxidation sites excluding steroid dienone is 1. The van der Waals surface area contributed by atoms with E-state index in [1.165, 1.54) is 0 Å². The second-order valence-corrected chi connectivity index (χ2v) is 6.24. The topological polar surface area (TPSA) is 68.8 Å². The Bertz CT molecular complexity index is 700. The van der Waals surface area contributed by atoms with Crippen LogP contribution in [0.4, 0.5) is 0 Å². The smallest absolute Gasteiger partial charge is 0.338 e. The normalized spacial score (nSPS) is 17.0. The van der Waals surface area contributed by atoms with E-state index in [-0.39, 0.29) is 6.10 Å². The zero-order valence-electron chi connectivity index (χ0n) is 15.1. The fourth-order valence-electron chi connectivity index (χ4n) is 2.69. The van der Waals surface area contributed by atoms with Crippen molar-refractivity contribution in [3.8, 4) is 11.5 Å². The molecule has 1 aliphatic heterocycles. The predicted octanol–water partition coefficient (Wildman–Crippen LogP) is 2.84. The van der Waals surface area contributed by atoms with Crippen LogP contribution in [0.25, 0.3) is 0 Å². The standard InChI is InChI=1S/C18H24N2O4S/c1-6-23-17(21)14-11(4)19-18(25)20-15(14)12-8-7-9-13(22-5)16(12)24-10(2)3/h7-10,15H,6H2,1-5H3,(H2,19,20,25). The Hall–Kier alpha value is -2.28. The summed E-state index contributed by atoms with van der Waals surface area (Å²) in [6.07, 6.45) is -0.0557. The molecule has 2 rings (SSSR count). The number of carbonyl (C=O) groups is 1. The van der Waals surface area contributed by atoms with E-state index in [4.69, 9.17) is 26.4 Å². The number of hydrogen-bond donors (Lipinski definition) is 2. The lowest BCUT2D eigenvalue weighted by Gasteiger charge is -2.31. The minimum absolute atomic E-state index is 0.0557. The van der Waals surface area contributed by atoms with E-state index >= 15 is 0 Å². The first-order valence-electron chi connectivity index (χ1n) is 8.18. The first kappa shape index (κ1) is 19.1. The molecule has 0 saturated carbocycles. The molecular weight excluding hydrogens is 340 g/mol. The van der Waals surface area contributed by atoms with Crippen molar-refractivity contribution < 1.29 is 19.0 Å². The number of nitrogens with one attached hydrogen (secondary N) is 2. The number of thiocarbonyl (C=S) groups is 1. The molecule has 1 aliphatic rings. The molecule has 2 N–H and O–H groups in total. The van der Waals surface area contributed by atoms with Gasteiger partial charge in [-0.05, 0) is 46.0 Å². The van der Waals surface area contributed by atoms with Gasteiger partial charge in [-0.25, -0.2) is 4.79 Å². The second kappa shape index (κ2) is 8.20. The number of para-hydroxylation sites is 1. The van der Waals surface area contributed by atoms with Crippen molar-refractivity contribution in [2.75, 3.05) is 13.7 Å². The molecule has 0 spiro atoms. The monoisotopic (exact) mass is 364 g/mol. The summed E-state index contributed by atoms with van der Waals surface area (Å²) in [5.74, 6) is 0.779. The maximum absolute atomic E-state index is 12.5. The van der Waals surface area contributed by atoms with E-state index in [1.54, 1.807) is 21.0 Å². The molecule has 0 fully saturated rings. The van der Waals surface area contributed by atoms with Crippen molar-refractivity contribution >= 4 is 23.3 Å². The summed E-state index contributed by atoms with van der Waals surface area (Å²) in [5.41, 5.74) is 1.89. The van der Waals surface area contributed by atoms with Crippen LogP contribution in [-0.2, 0) is 9.53 Å². The van der Waals surface area contributed by atoms with Gasteiger partial charge in [0.05, 0.1) is 31.4 Å². The minimum atomic E-state index is -0.489. The highest BCUT2D eigenvalue weighted by Gasteiger charge is 2.33. The molecule has 0 bridgehead atoms. The summed E-state index contributed by atoms with van der Waals surface area (Å²) in [5, 5.41) is 6.57. The molecule has 1 aromatic carbocycles. The summed E-state index contributed by atoms with van der Waals surface area (Å²) in [4.78, 5) is 12.5. The summed E-state index contributed by atoms with van der Waals surface area (Å²) in [6.45, 7) is 7.74. The fourth-order valence-corrected chi connectivity index (χ4v) is 2.96. The van der Waals surface area contributed by atoms with Crippen LogP contribution in [0.5, 0.6) is 11.5 Å². The molecule has 136 valence electrons. The molecule has 1 heterocycles. The van der Waals surface area contributed by atoms with Crippen molar-refractivity contribution in [1.29, 1.82) is 0 Å². The molecular formula is C18H24N2O4S. The van der Waals surface area contributed by atoms with Crippen LogP contribution >= 0.6 is 12.2 Å². The number of methoxy groups -OCH3 is 1. The number of hydrogen-bond acceptors (Lipinski definition) is 5. The van der Waals surface area contributed by atoms with Gasteiger partial charge in [-0.15, -0.1) is 0 Å². The molecule has 0 saturated heterocycles. The Morgan fingerprint density at radius 3 is 2.68 bits per heavy atom. The fraction of sp³-hybridized carbons (Fsp3) is 0.444. The van der Waals surface area contributed by atoms with Gasteiger partial charge in [-0.1, -0.05) is 12.1 Å². The SMILES string of the molecule is CCOC(=O)C1=C(C)NC(=S)NC1c1cccc(OC)c1OC(C)C. The molecule has 1 atom stereocenters. The summed E-state index contributed by atoms with van der Waals surface area (Å²) >= 11 is 5.28. The van der Waals surface area contributed by atoms with Crippen molar-refractivity contribution in [3.05, 3.63) is 35.0 Å². The largest absolute Gasteiger partial charge is 0.493 e. The first-order chi connectivity index (χ1) is 11.9. The van der Waals surface area contributed by atoms with E-state index in [0.29, 0.717) is 34.5 Å². The third-order valence-corrected chi connectivity index (χ3v) is 3.88. The Labute approximate surface area is 153 Å². The predicted molar refractivity (Wildman–Crippen MR) is 99.7 cm³/mol. The Morgan fingerprint density at radius 1 is 1.36 bits per heavy atom. The van der Waals surface area contributed by atoms with E-state index < -0.39 is 12.0 Å². The van der Waals surface area contributed by atoms with Crippen LogP contribution in [0.1, 0.15) is 39.3 Å². The van der Waals surface area contributed by atoms with Crippen LogP contribution < -0.4 is 20.1 Å². The average molecular weight is 364 g/mol. The lowest BCUT2D eigenvalue weighted by molar-refractivity contribution is -0.139. The Balaban J connectivity index is 2.59. The van der Waals surface area contributed by atoms with Gasteiger partial charge in [-0.3, -0.25) is 0 Å². The first-order valence-corrected chi connectivity index (χ1v) is 8.58. The summed E-state index contributed by atoms with van der Waals surface area (Å²) in [6, 6.07) is 5.07. The highest BCUT2D eigenvalue weighted by atomic mass is 32.1. The average Bonchev–Trinajstić information content (AvgIpc) is 2.53. The van der Waals surface area contributed by atoms with Crippen molar-refractivity contribution in [3.63, 3.8) is 0 Å².